The van der Waals surface area contributed by atoms with Crippen molar-refractivity contribution in [2.24, 2.45) is 0 Å². The van der Waals surface area contributed by atoms with Gasteiger partial charge in [-0.05, 0) is 47.5 Å². The van der Waals surface area contributed by atoms with Gasteiger partial charge in [0, 0.05) is 28.5 Å². The standard InChI is InChI=1S/C18H15BrN4O2S/c1-11-17-13(4-6-21-11)23(7-3-2-5-20)18(22-17)26-16-9-15-14(8-12(16)19)24-10-25-15/h4,6,8-9H,2-3,7,10H2,1H3. The number of halogens is 1. The summed E-state index contributed by atoms with van der Waals surface area (Å²) in [5, 5.41) is 9.73. The number of rotatable bonds is 5. The van der Waals surface area contributed by atoms with Crippen molar-refractivity contribution in [3.05, 3.63) is 34.6 Å². The Hall–Kier alpha value is -2.24. The second-order valence-electron chi connectivity index (χ2n) is 5.81. The summed E-state index contributed by atoms with van der Waals surface area (Å²) in [4.78, 5) is 10.2. The Morgan fingerprint density at radius 3 is 2.96 bits per heavy atom. The maximum absolute atomic E-state index is 8.86. The highest BCUT2D eigenvalue weighted by molar-refractivity contribution is 9.10. The molecule has 8 heteroatoms. The number of ether oxygens (including phenoxy) is 2. The Morgan fingerprint density at radius 2 is 2.15 bits per heavy atom. The Bertz CT molecular complexity index is 1030. The largest absolute Gasteiger partial charge is 0.454 e. The average molecular weight is 431 g/mol. The third kappa shape index (κ3) is 3.13. The lowest BCUT2D eigenvalue weighted by molar-refractivity contribution is 0.174. The molecule has 0 aliphatic carbocycles. The van der Waals surface area contributed by atoms with E-state index in [9.17, 15) is 0 Å². The molecule has 0 N–H and O–H groups in total. The summed E-state index contributed by atoms with van der Waals surface area (Å²) >= 11 is 5.16. The average Bonchev–Trinajstić information content (AvgIpc) is 3.21. The predicted molar refractivity (Wildman–Crippen MR) is 102 cm³/mol. The van der Waals surface area contributed by atoms with Crippen LogP contribution in [-0.4, -0.2) is 21.3 Å². The summed E-state index contributed by atoms with van der Waals surface area (Å²) in [6, 6.07) is 8.05. The van der Waals surface area contributed by atoms with E-state index in [1.807, 2.05) is 25.1 Å². The maximum atomic E-state index is 8.86. The van der Waals surface area contributed by atoms with E-state index in [4.69, 9.17) is 19.7 Å². The molecule has 1 aliphatic rings. The Balaban J connectivity index is 1.75. The minimum atomic E-state index is 0.243. The molecular weight excluding hydrogens is 416 g/mol. The maximum Gasteiger partial charge on any atom is 0.231 e. The number of pyridine rings is 1. The summed E-state index contributed by atoms with van der Waals surface area (Å²) in [5.41, 5.74) is 2.83. The first kappa shape index (κ1) is 17.2. The second kappa shape index (κ2) is 7.17. The van der Waals surface area contributed by atoms with Crippen LogP contribution in [0.4, 0.5) is 0 Å². The quantitative estimate of drug-likeness (QED) is 0.546. The van der Waals surface area contributed by atoms with Gasteiger partial charge in [0.25, 0.3) is 0 Å². The van der Waals surface area contributed by atoms with E-state index >= 15 is 0 Å². The van der Waals surface area contributed by atoms with Crippen LogP contribution in [0.1, 0.15) is 18.5 Å². The van der Waals surface area contributed by atoms with Crippen molar-refractivity contribution in [3.63, 3.8) is 0 Å². The minimum Gasteiger partial charge on any atom is -0.454 e. The Kier molecular flexibility index (Phi) is 4.74. The van der Waals surface area contributed by atoms with Gasteiger partial charge in [-0.3, -0.25) is 4.98 Å². The van der Waals surface area contributed by atoms with E-state index in [0.717, 1.165) is 55.7 Å². The summed E-state index contributed by atoms with van der Waals surface area (Å²) in [5.74, 6) is 1.48. The van der Waals surface area contributed by atoms with Crippen molar-refractivity contribution in [1.29, 1.82) is 5.26 Å². The zero-order chi connectivity index (χ0) is 18.1. The number of imidazole rings is 1. The molecule has 0 amide bonds. The van der Waals surface area contributed by atoms with E-state index in [1.54, 1.807) is 18.0 Å². The molecule has 1 aromatic carbocycles. The van der Waals surface area contributed by atoms with Crippen LogP contribution >= 0.6 is 27.7 Å². The van der Waals surface area contributed by atoms with Gasteiger partial charge in [0.1, 0.15) is 5.52 Å². The van der Waals surface area contributed by atoms with Gasteiger partial charge in [-0.2, -0.15) is 5.26 Å². The van der Waals surface area contributed by atoms with Crippen LogP contribution < -0.4 is 9.47 Å². The molecule has 0 spiro atoms. The Morgan fingerprint density at radius 1 is 1.35 bits per heavy atom. The summed E-state index contributed by atoms with van der Waals surface area (Å²) in [6.45, 7) is 2.94. The smallest absolute Gasteiger partial charge is 0.231 e. The van der Waals surface area contributed by atoms with E-state index < -0.39 is 0 Å². The highest BCUT2D eigenvalue weighted by Gasteiger charge is 2.20. The van der Waals surface area contributed by atoms with Gasteiger partial charge >= 0.3 is 0 Å². The minimum absolute atomic E-state index is 0.243. The molecule has 3 heterocycles. The van der Waals surface area contributed by atoms with Gasteiger partial charge < -0.3 is 14.0 Å². The van der Waals surface area contributed by atoms with E-state index in [0.29, 0.717) is 6.42 Å². The van der Waals surface area contributed by atoms with Gasteiger partial charge in [0.2, 0.25) is 6.79 Å². The fourth-order valence-corrected chi connectivity index (χ4v) is 4.37. The lowest BCUT2D eigenvalue weighted by Gasteiger charge is -2.09. The van der Waals surface area contributed by atoms with Crippen LogP contribution in [0.15, 0.2) is 38.9 Å². The fourth-order valence-electron chi connectivity index (χ4n) is 2.85. The highest BCUT2D eigenvalue weighted by atomic mass is 79.9. The van der Waals surface area contributed by atoms with Crippen molar-refractivity contribution in [1.82, 2.24) is 14.5 Å². The van der Waals surface area contributed by atoms with Gasteiger partial charge in [-0.25, -0.2) is 4.98 Å². The van der Waals surface area contributed by atoms with Crippen LogP contribution in [0.2, 0.25) is 0 Å². The van der Waals surface area contributed by atoms with Crippen molar-refractivity contribution in [2.45, 2.75) is 36.4 Å². The molecule has 0 fully saturated rings. The van der Waals surface area contributed by atoms with Crippen molar-refractivity contribution in [2.75, 3.05) is 6.79 Å². The molecule has 1 aliphatic heterocycles. The molecule has 0 unspecified atom stereocenters. The van der Waals surface area contributed by atoms with E-state index in [-0.39, 0.29) is 6.79 Å². The molecule has 0 radical (unpaired) electrons. The summed E-state index contributed by atoms with van der Waals surface area (Å²) < 4.78 is 14.0. The molecule has 0 bridgehead atoms. The molecule has 6 nitrogen and oxygen atoms in total. The first-order valence-corrected chi connectivity index (χ1v) is 9.74. The van der Waals surface area contributed by atoms with Crippen molar-refractivity contribution >= 4 is 38.7 Å². The fraction of sp³-hybridized carbons (Fsp3) is 0.278. The van der Waals surface area contributed by atoms with Crippen LogP contribution in [0, 0.1) is 18.3 Å². The zero-order valence-electron chi connectivity index (χ0n) is 14.0. The molecule has 0 saturated carbocycles. The van der Waals surface area contributed by atoms with Crippen LogP contribution in [0.5, 0.6) is 11.5 Å². The van der Waals surface area contributed by atoms with Crippen molar-refractivity contribution < 1.29 is 9.47 Å². The van der Waals surface area contributed by atoms with Gasteiger partial charge in [-0.15, -0.1) is 0 Å². The number of hydrogen-bond acceptors (Lipinski definition) is 6. The predicted octanol–water partition coefficient (Wildman–Crippen LogP) is 4.69. The second-order valence-corrected chi connectivity index (χ2v) is 7.67. The molecular formula is C18H15BrN4O2S. The molecule has 2 aromatic heterocycles. The number of aryl methyl sites for hydroxylation is 2. The number of nitriles is 1. The van der Waals surface area contributed by atoms with Gasteiger partial charge in [0.15, 0.2) is 16.7 Å². The third-order valence-electron chi connectivity index (χ3n) is 4.11. The van der Waals surface area contributed by atoms with E-state index in [2.05, 4.69) is 31.6 Å². The molecule has 26 heavy (non-hydrogen) atoms. The number of aromatic nitrogens is 3. The zero-order valence-corrected chi connectivity index (χ0v) is 16.4. The first-order chi connectivity index (χ1) is 12.7. The molecule has 4 rings (SSSR count). The Labute approximate surface area is 163 Å². The lowest BCUT2D eigenvalue weighted by atomic mass is 10.3. The molecule has 132 valence electrons. The topological polar surface area (TPSA) is 73.0 Å². The van der Waals surface area contributed by atoms with Crippen LogP contribution in [0.3, 0.4) is 0 Å². The number of hydrogen-bond donors (Lipinski definition) is 0. The normalized spacial score (nSPS) is 12.5. The summed E-state index contributed by atoms with van der Waals surface area (Å²) in [7, 11) is 0. The van der Waals surface area contributed by atoms with Crippen molar-refractivity contribution in [3.8, 4) is 17.6 Å². The molecule has 3 aromatic rings. The monoisotopic (exact) mass is 430 g/mol. The number of nitrogens with zero attached hydrogens (tertiary/aromatic N) is 4. The van der Waals surface area contributed by atoms with Crippen LogP contribution in [-0.2, 0) is 6.54 Å². The SMILES string of the molecule is Cc1nccc2c1nc(Sc1cc3c(cc1Br)OCO3)n2CCCC#N. The third-order valence-corrected chi connectivity index (χ3v) is 6.08. The van der Waals surface area contributed by atoms with Gasteiger partial charge in [0.05, 0.1) is 17.3 Å². The first-order valence-electron chi connectivity index (χ1n) is 8.13. The number of unbranched alkanes of at least 4 members (excludes halogenated alkanes) is 1. The molecule has 0 saturated heterocycles. The van der Waals surface area contributed by atoms with Crippen LogP contribution in [0.25, 0.3) is 11.0 Å². The number of benzene rings is 1. The lowest BCUT2D eigenvalue weighted by Crippen LogP contribution is -2.00. The number of fused-ring (bicyclic) bond motifs is 2. The van der Waals surface area contributed by atoms with Gasteiger partial charge in [-0.1, -0.05) is 11.8 Å². The highest BCUT2D eigenvalue weighted by Crippen LogP contribution is 2.43. The summed E-state index contributed by atoms with van der Waals surface area (Å²) in [6.07, 6.45) is 3.09. The van der Waals surface area contributed by atoms with E-state index in [1.165, 1.54) is 0 Å². The molecule has 0 atom stereocenters.